The van der Waals surface area contributed by atoms with Crippen molar-refractivity contribution >= 4 is 24.6 Å². The van der Waals surface area contributed by atoms with Gasteiger partial charge in [0.2, 0.25) is 0 Å². The number of hydrogen-bond acceptors (Lipinski definition) is 3. The summed E-state index contributed by atoms with van der Waals surface area (Å²) in [5, 5.41) is 14.3. The fourth-order valence-electron chi connectivity index (χ4n) is 3.47. The molecule has 0 amide bonds. The summed E-state index contributed by atoms with van der Waals surface area (Å²) in [6, 6.07) is 28.6. The maximum Gasteiger partial charge on any atom is 0.285 e. The molecule has 0 unspecified atom stereocenters. The summed E-state index contributed by atoms with van der Waals surface area (Å²) >= 11 is 0. The molecule has 3 aromatic carbocycles. The Balaban J connectivity index is 1.52. The topological polar surface area (TPSA) is 38.7 Å². The lowest BCUT2D eigenvalue weighted by Crippen LogP contribution is -2.13. The normalized spacial score (nSPS) is 14.6. The highest BCUT2D eigenvalue weighted by Crippen LogP contribution is 2.49. The molecule has 4 heteroatoms. The fraction of sp³-hybridized carbons (Fsp3) is 0.0714. The second-order valence-corrected chi connectivity index (χ2v) is 9.31. The molecule has 0 bridgehead atoms. The van der Waals surface area contributed by atoms with Gasteiger partial charge in [0.1, 0.15) is 12.4 Å². The Kier molecular flexibility index (Phi) is 7.22. The molecule has 160 valence electrons. The molecule has 0 heterocycles. The Morgan fingerprint density at radius 3 is 2.09 bits per heavy atom. The van der Waals surface area contributed by atoms with Crippen molar-refractivity contribution in [2.75, 3.05) is 13.7 Å². The van der Waals surface area contributed by atoms with Crippen molar-refractivity contribution in [3.8, 4) is 5.75 Å². The fourth-order valence-corrected chi connectivity index (χ4v) is 5.91. The van der Waals surface area contributed by atoms with E-state index < -0.39 is 7.92 Å². The number of benzene rings is 3. The van der Waals surface area contributed by atoms with Crippen LogP contribution in [0.1, 0.15) is 5.56 Å². The Hall–Kier alpha value is -3.55. The lowest BCUT2D eigenvalue weighted by molar-refractivity contribution is 0.110. The number of rotatable bonds is 8. The minimum absolute atomic E-state index is 0.0521. The van der Waals surface area contributed by atoms with Gasteiger partial charge in [-0.1, -0.05) is 91.0 Å². The monoisotopic (exact) mass is 440 g/mol. The van der Waals surface area contributed by atoms with Gasteiger partial charge in [-0.3, -0.25) is 0 Å². The van der Waals surface area contributed by atoms with Gasteiger partial charge in [0.15, 0.2) is 0 Å². The van der Waals surface area contributed by atoms with Gasteiger partial charge < -0.3 is 14.6 Å². The maximum absolute atomic E-state index is 10.8. The van der Waals surface area contributed by atoms with Crippen LogP contribution >= 0.6 is 7.92 Å². The SMILES string of the molecule is COc1ccc(/C=C/CO/C(O)=C2\C=CC=C2P(c2ccccc2)c2ccccc2)cc1. The van der Waals surface area contributed by atoms with Crippen molar-refractivity contribution in [2.45, 2.75) is 0 Å². The molecule has 0 atom stereocenters. The highest BCUT2D eigenvalue weighted by molar-refractivity contribution is 7.77. The first-order valence-electron chi connectivity index (χ1n) is 10.4. The van der Waals surface area contributed by atoms with Crippen molar-refractivity contribution in [3.63, 3.8) is 0 Å². The van der Waals surface area contributed by atoms with Crippen LogP contribution in [0.15, 0.2) is 126 Å². The van der Waals surface area contributed by atoms with E-state index in [1.807, 2.05) is 60.7 Å². The van der Waals surface area contributed by atoms with Crippen molar-refractivity contribution < 1.29 is 14.6 Å². The summed E-state index contributed by atoms with van der Waals surface area (Å²) in [5.74, 6) is 0.769. The molecule has 1 aliphatic rings. The first-order valence-corrected chi connectivity index (χ1v) is 11.8. The summed E-state index contributed by atoms with van der Waals surface area (Å²) in [5.41, 5.74) is 1.78. The number of allylic oxidation sites excluding steroid dienone is 5. The Morgan fingerprint density at radius 2 is 1.50 bits per heavy atom. The number of hydrogen-bond donors (Lipinski definition) is 1. The molecular weight excluding hydrogens is 415 g/mol. The minimum Gasteiger partial charge on any atom is -0.497 e. The largest absolute Gasteiger partial charge is 0.497 e. The van der Waals surface area contributed by atoms with Crippen LogP contribution in [0.2, 0.25) is 0 Å². The van der Waals surface area contributed by atoms with Crippen LogP contribution in [0.4, 0.5) is 0 Å². The predicted octanol–water partition coefficient (Wildman–Crippen LogP) is 6.08. The molecule has 0 saturated carbocycles. The Labute approximate surface area is 190 Å². The van der Waals surface area contributed by atoms with Crippen LogP contribution in [0.3, 0.4) is 0 Å². The molecule has 0 fully saturated rings. The summed E-state index contributed by atoms with van der Waals surface area (Å²) in [6.45, 7) is 0.275. The molecule has 4 rings (SSSR count). The molecule has 1 aliphatic carbocycles. The molecule has 0 radical (unpaired) electrons. The maximum atomic E-state index is 10.8. The van der Waals surface area contributed by atoms with Crippen molar-refractivity contribution in [1.29, 1.82) is 0 Å². The standard InChI is InChI=1S/C28H25O3P/c1-30-23-19-17-22(18-20-23)10-9-21-31-28(29)26-15-8-16-27(26)32(24-11-4-2-5-12-24)25-13-6-3-7-14-25/h2-20,29H,21H2,1H3/b10-9+,28-26+. The first-order chi connectivity index (χ1) is 15.8. The Morgan fingerprint density at radius 1 is 0.875 bits per heavy atom. The zero-order valence-electron chi connectivity index (χ0n) is 17.9. The molecule has 0 spiro atoms. The van der Waals surface area contributed by atoms with E-state index in [0.717, 1.165) is 22.2 Å². The van der Waals surface area contributed by atoms with Gasteiger partial charge in [-0.25, -0.2) is 0 Å². The van der Waals surface area contributed by atoms with Crippen molar-refractivity contribution in [3.05, 3.63) is 132 Å². The number of ether oxygens (including phenoxy) is 2. The summed E-state index contributed by atoms with van der Waals surface area (Å²) < 4.78 is 10.9. The van der Waals surface area contributed by atoms with Gasteiger partial charge in [-0.2, -0.15) is 0 Å². The summed E-state index contributed by atoms with van der Waals surface area (Å²) in [4.78, 5) is 0. The van der Waals surface area contributed by atoms with Crippen LogP contribution in [0.5, 0.6) is 5.75 Å². The number of aliphatic hydroxyl groups excluding tert-OH is 1. The molecule has 3 aromatic rings. The van der Waals surface area contributed by atoms with Crippen LogP contribution < -0.4 is 15.3 Å². The molecule has 32 heavy (non-hydrogen) atoms. The zero-order chi connectivity index (χ0) is 22.2. The molecule has 1 N–H and O–H groups in total. The third-order valence-corrected chi connectivity index (χ3v) is 7.54. The predicted molar refractivity (Wildman–Crippen MR) is 134 cm³/mol. The van der Waals surface area contributed by atoms with E-state index in [0.29, 0.717) is 0 Å². The average Bonchev–Trinajstić information content (AvgIpc) is 3.33. The van der Waals surface area contributed by atoms with Gasteiger partial charge in [0, 0.05) is 0 Å². The van der Waals surface area contributed by atoms with E-state index in [1.54, 1.807) is 7.11 Å². The summed E-state index contributed by atoms with van der Waals surface area (Å²) in [6.07, 6.45) is 9.81. The molecule has 0 saturated heterocycles. The van der Waals surface area contributed by atoms with Crippen LogP contribution in [0.25, 0.3) is 6.08 Å². The van der Waals surface area contributed by atoms with E-state index in [4.69, 9.17) is 9.47 Å². The van der Waals surface area contributed by atoms with E-state index >= 15 is 0 Å². The van der Waals surface area contributed by atoms with Crippen LogP contribution in [-0.2, 0) is 4.74 Å². The van der Waals surface area contributed by atoms with Crippen LogP contribution in [0, 0.1) is 0 Å². The van der Waals surface area contributed by atoms with E-state index in [9.17, 15) is 5.11 Å². The second kappa shape index (κ2) is 10.7. The highest BCUT2D eigenvalue weighted by Gasteiger charge is 2.25. The van der Waals surface area contributed by atoms with E-state index in [2.05, 4.69) is 54.6 Å². The molecule has 3 nitrogen and oxygen atoms in total. The third-order valence-electron chi connectivity index (χ3n) is 5.04. The van der Waals surface area contributed by atoms with Crippen molar-refractivity contribution in [2.24, 2.45) is 0 Å². The zero-order valence-corrected chi connectivity index (χ0v) is 18.8. The second-order valence-electron chi connectivity index (χ2n) is 7.12. The van der Waals surface area contributed by atoms with Gasteiger partial charge in [0.25, 0.3) is 5.95 Å². The smallest absolute Gasteiger partial charge is 0.285 e. The van der Waals surface area contributed by atoms with Crippen molar-refractivity contribution in [1.82, 2.24) is 0 Å². The van der Waals surface area contributed by atoms with Gasteiger partial charge >= 0.3 is 0 Å². The van der Waals surface area contributed by atoms with E-state index in [-0.39, 0.29) is 12.6 Å². The quantitative estimate of drug-likeness (QED) is 0.341. The number of aliphatic hydroxyl groups is 1. The van der Waals surface area contributed by atoms with Gasteiger partial charge in [-0.05, 0) is 53.7 Å². The van der Waals surface area contributed by atoms with Crippen LogP contribution in [-0.4, -0.2) is 18.8 Å². The minimum atomic E-state index is -0.813. The molecule has 0 aromatic heterocycles. The average molecular weight is 440 g/mol. The highest BCUT2D eigenvalue weighted by atomic mass is 31.1. The number of methoxy groups -OCH3 is 1. The first kappa shape index (κ1) is 21.7. The van der Waals surface area contributed by atoms with Gasteiger partial charge in [-0.15, -0.1) is 0 Å². The van der Waals surface area contributed by atoms with E-state index in [1.165, 1.54) is 10.6 Å². The third kappa shape index (κ3) is 5.19. The summed E-state index contributed by atoms with van der Waals surface area (Å²) in [7, 11) is 0.837. The van der Waals surface area contributed by atoms with Gasteiger partial charge in [0.05, 0.1) is 12.7 Å². The molecule has 0 aliphatic heterocycles. The lowest BCUT2D eigenvalue weighted by atomic mass is 10.2. The Bertz CT molecular complexity index is 1100. The molecular formula is C28H25O3P. The lowest BCUT2D eigenvalue weighted by Gasteiger charge is -2.21.